The zero-order valence-corrected chi connectivity index (χ0v) is 12.4. The molecule has 6 heteroatoms. The van der Waals surface area contributed by atoms with Crippen molar-refractivity contribution in [2.45, 2.75) is 32.4 Å². The fourth-order valence-electron chi connectivity index (χ4n) is 1.95. The number of nitrogens with zero attached hydrogens (tertiary/aromatic N) is 1. The molecule has 0 aliphatic carbocycles. The molecule has 116 valence electrons. The van der Waals surface area contributed by atoms with E-state index in [2.05, 4.69) is 0 Å². The predicted octanol–water partition coefficient (Wildman–Crippen LogP) is 1.24. The topological polar surface area (TPSA) is 92.9 Å². The van der Waals surface area contributed by atoms with Crippen LogP contribution >= 0.6 is 0 Å². The Bertz CT molecular complexity index is 490. The molecule has 0 bridgehead atoms. The van der Waals surface area contributed by atoms with Crippen molar-refractivity contribution in [3.63, 3.8) is 0 Å². The lowest BCUT2D eigenvalue weighted by atomic mass is 10.1. The molecule has 1 aromatic carbocycles. The van der Waals surface area contributed by atoms with E-state index in [0.717, 1.165) is 11.3 Å². The minimum absolute atomic E-state index is 0.115. The smallest absolute Gasteiger partial charge is 0.303 e. The Kier molecular flexibility index (Phi) is 6.68. The van der Waals surface area contributed by atoms with E-state index >= 15 is 0 Å². The fraction of sp³-hybridized carbons (Fsp3) is 0.467. The molecule has 21 heavy (non-hydrogen) atoms. The van der Waals surface area contributed by atoms with E-state index in [1.165, 1.54) is 4.90 Å². The molecule has 6 nitrogen and oxygen atoms in total. The van der Waals surface area contributed by atoms with Crippen LogP contribution in [-0.4, -0.2) is 41.6 Å². The molecule has 0 heterocycles. The molecule has 0 radical (unpaired) electrons. The molecule has 0 aliphatic rings. The number of hydrogen-bond acceptors (Lipinski definition) is 4. The maximum atomic E-state index is 12.1. The molecule has 1 aromatic rings. The quantitative estimate of drug-likeness (QED) is 0.752. The number of benzene rings is 1. The lowest BCUT2D eigenvalue weighted by Gasteiger charge is -2.22. The molecule has 0 aliphatic heterocycles. The highest BCUT2D eigenvalue weighted by atomic mass is 16.5. The summed E-state index contributed by atoms with van der Waals surface area (Å²) in [4.78, 5) is 24.1. The van der Waals surface area contributed by atoms with Gasteiger partial charge in [0.1, 0.15) is 5.75 Å². The monoisotopic (exact) mass is 294 g/mol. The van der Waals surface area contributed by atoms with Crippen molar-refractivity contribution in [1.82, 2.24) is 4.90 Å². The first-order valence-corrected chi connectivity index (χ1v) is 6.88. The van der Waals surface area contributed by atoms with Crippen molar-refractivity contribution < 1.29 is 19.4 Å². The number of likely N-dealkylation sites (N-methyl/N-ethyl adjacent to an activating group) is 1. The van der Waals surface area contributed by atoms with Crippen molar-refractivity contribution in [2.24, 2.45) is 5.73 Å². The Morgan fingerprint density at radius 3 is 2.67 bits per heavy atom. The van der Waals surface area contributed by atoms with Gasteiger partial charge < -0.3 is 20.5 Å². The SMILES string of the molecule is CCOc1ccccc1CN(C)C(=O)C(N)CCC(=O)O. The minimum Gasteiger partial charge on any atom is -0.494 e. The number of hydrogen-bond donors (Lipinski definition) is 2. The summed E-state index contributed by atoms with van der Waals surface area (Å²) in [5, 5.41) is 8.62. The van der Waals surface area contributed by atoms with E-state index in [9.17, 15) is 9.59 Å². The number of para-hydroxylation sites is 1. The van der Waals surface area contributed by atoms with Crippen LogP contribution < -0.4 is 10.5 Å². The third kappa shape index (κ3) is 5.43. The summed E-state index contributed by atoms with van der Waals surface area (Å²) in [5.41, 5.74) is 6.62. The van der Waals surface area contributed by atoms with Crippen LogP contribution in [0.2, 0.25) is 0 Å². The van der Waals surface area contributed by atoms with Crippen molar-refractivity contribution >= 4 is 11.9 Å². The average molecular weight is 294 g/mol. The van der Waals surface area contributed by atoms with Crippen LogP contribution in [0.4, 0.5) is 0 Å². The first-order valence-electron chi connectivity index (χ1n) is 6.88. The third-order valence-electron chi connectivity index (χ3n) is 3.04. The molecular weight excluding hydrogens is 272 g/mol. The Morgan fingerprint density at radius 2 is 2.05 bits per heavy atom. The van der Waals surface area contributed by atoms with Gasteiger partial charge in [-0.2, -0.15) is 0 Å². The second kappa shape index (κ2) is 8.26. The predicted molar refractivity (Wildman–Crippen MR) is 78.9 cm³/mol. The van der Waals surface area contributed by atoms with Gasteiger partial charge in [0.25, 0.3) is 0 Å². The van der Waals surface area contributed by atoms with Gasteiger partial charge in [-0.3, -0.25) is 9.59 Å². The Balaban J connectivity index is 2.65. The fourth-order valence-corrected chi connectivity index (χ4v) is 1.95. The zero-order valence-electron chi connectivity index (χ0n) is 12.4. The number of rotatable bonds is 8. The molecule has 1 amide bonds. The van der Waals surface area contributed by atoms with E-state index in [0.29, 0.717) is 13.2 Å². The minimum atomic E-state index is -0.956. The van der Waals surface area contributed by atoms with Gasteiger partial charge in [0.15, 0.2) is 0 Å². The lowest BCUT2D eigenvalue weighted by Crippen LogP contribution is -2.41. The first-order chi connectivity index (χ1) is 9.95. The van der Waals surface area contributed by atoms with Gasteiger partial charge in [0.2, 0.25) is 5.91 Å². The molecule has 1 atom stereocenters. The van der Waals surface area contributed by atoms with E-state index in [-0.39, 0.29) is 18.7 Å². The van der Waals surface area contributed by atoms with E-state index in [1.807, 2.05) is 31.2 Å². The van der Waals surface area contributed by atoms with E-state index in [4.69, 9.17) is 15.6 Å². The summed E-state index contributed by atoms with van der Waals surface area (Å²) in [6.45, 7) is 2.82. The highest BCUT2D eigenvalue weighted by molar-refractivity contribution is 5.82. The maximum absolute atomic E-state index is 12.1. The Labute approximate surface area is 124 Å². The number of carbonyl (C=O) groups excluding carboxylic acids is 1. The lowest BCUT2D eigenvalue weighted by molar-refractivity contribution is -0.137. The molecule has 0 spiro atoms. The number of aliphatic carboxylic acids is 1. The molecule has 1 unspecified atom stereocenters. The van der Waals surface area contributed by atoms with E-state index < -0.39 is 12.0 Å². The largest absolute Gasteiger partial charge is 0.494 e. The first kappa shape index (κ1) is 17.0. The van der Waals surface area contributed by atoms with Crippen molar-refractivity contribution in [3.05, 3.63) is 29.8 Å². The maximum Gasteiger partial charge on any atom is 0.303 e. The average Bonchev–Trinajstić information content (AvgIpc) is 2.46. The van der Waals surface area contributed by atoms with Gasteiger partial charge in [-0.25, -0.2) is 0 Å². The summed E-state index contributed by atoms with van der Waals surface area (Å²) in [6, 6.07) is 6.68. The van der Waals surface area contributed by atoms with Crippen molar-refractivity contribution in [2.75, 3.05) is 13.7 Å². The van der Waals surface area contributed by atoms with Crippen LogP contribution in [0.3, 0.4) is 0 Å². The number of carbonyl (C=O) groups is 2. The number of carboxylic acid groups (broad SMARTS) is 1. The number of carboxylic acids is 1. The van der Waals surface area contributed by atoms with Crippen LogP contribution in [0, 0.1) is 0 Å². The molecule has 1 rings (SSSR count). The summed E-state index contributed by atoms with van der Waals surface area (Å²) in [5.74, 6) is -0.496. The number of nitrogens with two attached hydrogens (primary N) is 1. The summed E-state index contributed by atoms with van der Waals surface area (Å²) in [6.07, 6.45) is 0.0158. The van der Waals surface area contributed by atoms with Crippen LogP contribution in [0.5, 0.6) is 5.75 Å². The highest BCUT2D eigenvalue weighted by Crippen LogP contribution is 2.19. The van der Waals surface area contributed by atoms with Gasteiger partial charge in [0.05, 0.1) is 12.6 Å². The van der Waals surface area contributed by atoms with Crippen LogP contribution in [0.1, 0.15) is 25.3 Å². The highest BCUT2D eigenvalue weighted by Gasteiger charge is 2.19. The summed E-state index contributed by atoms with van der Waals surface area (Å²) >= 11 is 0. The van der Waals surface area contributed by atoms with Gasteiger partial charge >= 0.3 is 5.97 Å². The molecular formula is C15H22N2O4. The zero-order chi connectivity index (χ0) is 15.8. The second-order valence-electron chi connectivity index (χ2n) is 4.77. The molecule has 3 N–H and O–H groups in total. The standard InChI is InChI=1S/C15H22N2O4/c1-3-21-13-7-5-4-6-11(13)10-17(2)15(20)12(16)8-9-14(18)19/h4-7,12H,3,8-10,16H2,1-2H3,(H,18,19). The summed E-state index contributed by atoms with van der Waals surface area (Å²) in [7, 11) is 1.64. The molecule has 0 saturated carbocycles. The molecule has 0 fully saturated rings. The second-order valence-corrected chi connectivity index (χ2v) is 4.77. The third-order valence-corrected chi connectivity index (χ3v) is 3.04. The van der Waals surface area contributed by atoms with Gasteiger partial charge in [-0.1, -0.05) is 18.2 Å². The normalized spacial score (nSPS) is 11.8. The van der Waals surface area contributed by atoms with Gasteiger partial charge in [-0.15, -0.1) is 0 Å². The summed E-state index contributed by atoms with van der Waals surface area (Å²) < 4.78 is 5.51. The van der Waals surface area contributed by atoms with Crippen molar-refractivity contribution in [1.29, 1.82) is 0 Å². The van der Waals surface area contributed by atoms with Gasteiger partial charge in [0, 0.05) is 25.6 Å². The van der Waals surface area contributed by atoms with E-state index in [1.54, 1.807) is 7.05 Å². The molecule has 0 saturated heterocycles. The number of amides is 1. The Morgan fingerprint density at radius 1 is 1.38 bits per heavy atom. The Hall–Kier alpha value is -2.08. The van der Waals surface area contributed by atoms with Crippen LogP contribution in [0.15, 0.2) is 24.3 Å². The van der Waals surface area contributed by atoms with Gasteiger partial charge in [-0.05, 0) is 19.4 Å². The van der Waals surface area contributed by atoms with Crippen LogP contribution in [-0.2, 0) is 16.1 Å². The van der Waals surface area contributed by atoms with Crippen LogP contribution in [0.25, 0.3) is 0 Å². The molecule has 0 aromatic heterocycles. The van der Waals surface area contributed by atoms with Crippen molar-refractivity contribution in [3.8, 4) is 5.75 Å². The number of ether oxygens (including phenoxy) is 1.